The lowest BCUT2D eigenvalue weighted by atomic mass is 9.99. The van der Waals surface area contributed by atoms with Crippen LogP contribution >= 0.6 is 12.2 Å². The average molecular weight is 426 g/mol. The third-order valence-electron chi connectivity index (χ3n) is 4.49. The van der Waals surface area contributed by atoms with Crippen molar-refractivity contribution in [1.82, 2.24) is 16.2 Å². The van der Waals surface area contributed by atoms with Gasteiger partial charge in [0.1, 0.15) is 5.75 Å². The highest BCUT2D eigenvalue weighted by Gasteiger charge is 2.06. The van der Waals surface area contributed by atoms with Crippen molar-refractivity contribution < 1.29 is 14.3 Å². The fourth-order valence-electron chi connectivity index (χ4n) is 2.47. The zero-order valence-electron chi connectivity index (χ0n) is 17.4. The van der Waals surface area contributed by atoms with Gasteiger partial charge in [-0.3, -0.25) is 25.8 Å². The standard InChI is InChI=1S/C23H27N3O3S/c1-4-17(3)19-10-12-20(13-11-19)29-15-22(28)25-26-23(30)24-21(27)14-9-18-7-5-16(2)6-8-18/h5-14,17H,4,15H2,1-3H3,(H,25,28)(H2,24,26,27,30). The van der Waals surface area contributed by atoms with Crippen LogP contribution < -0.4 is 20.9 Å². The predicted octanol–water partition coefficient (Wildman–Crippen LogP) is 3.62. The summed E-state index contributed by atoms with van der Waals surface area (Å²) in [5, 5.41) is 2.44. The third-order valence-corrected chi connectivity index (χ3v) is 4.69. The summed E-state index contributed by atoms with van der Waals surface area (Å²) in [6.07, 6.45) is 4.11. The van der Waals surface area contributed by atoms with Crippen LogP contribution in [-0.4, -0.2) is 23.5 Å². The second-order valence-electron chi connectivity index (χ2n) is 6.90. The Morgan fingerprint density at radius 1 is 1.07 bits per heavy atom. The first-order valence-corrected chi connectivity index (χ1v) is 10.2. The summed E-state index contributed by atoms with van der Waals surface area (Å²) in [7, 11) is 0. The van der Waals surface area contributed by atoms with Crippen LogP contribution in [0.2, 0.25) is 0 Å². The fourth-order valence-corrected chi connectivity index (χ4v) is 2.63. The summed E-state index contributed by atoms with van der Waals surface area (Å²) in [5.74, 6) is 0.261. The number of carbonyl (C=O) groups is 2. The Hall–Kier alpha value is -3.19. The van der Waals surface area contributed by atoms with Crippen LogP contribution in [0.25, 0.3) is 6.08 Å². The minimum absolute atomic E-state index is 0.0141. The van der Waals surface area contributed by atoms with Gasteiger partial charge in [0.25, 0.3) is 5.91 Å². The monoisotopic (exact) mass is 425 g/mol. The molecule has 0 bridgehead atoms. The van der Waals surface area contributed by atoms with Crippen molar-refractivity contribution in [3.05, 3.63) is 71.3 Å². The van der Waals surface area contributed by atoms with E-state index in [1.165, 1.54) is 11.6 Å². The van der Waals surface area contributed by atoms with Crippen molar-refractivity contribution in [3.8, 4) is 5.75 Å². The van der Waals surface area contributed by atoms with E-state index in [0.717, 1.165) is 17.5 Å². The SMILES string of the molecule is CCC(C)c1ccc(OCC(=O)NNC(=S)NC(=O)C=Cc2ccc(C)cc2)cc1. The molecule has 0 fully saturated rings. The molecule has 2 amide bonds. The zero-order valence-corrected chi connectivity index (χ0v) is 18.2. The zero-order chi connectivity index (χ0) is 21.9. The second-order valence-corrected chi connectivity index (χ2v) is 7.31. The number of ether oxygens (including phenoxy) is 1. The van der Waals surface area contributed by atoms with E-state index in [9.17, 15) is 9.59 Å². The minimum atomic E-state index is -0.423. The molecule has 1 unspecified atom stereocenters. The molecule has 0 aromatic heterocycles. The molecular weight excluding hydrogens is 398 g/mol. The molecule has 0 saturated heterocycles. The Balaban J connectivity index is 1.69. The molecule has 2 aromatic carbocycles. The van der Waals surface area contributed by atoms with Crippen molar-refractivity contribution >= 4 is 35.2 Å². The number of nitrogens with one attached hydrogen (secondary N) is 3. The van der Waals surface area contributed by atoms with Gasteiger partial charge in [-0.2, -0.15) is 0 Å². The summed E-state index contributed by atoms with van der Waals surface area (Å²) >= 11 is 4.99. The Kier molecular flexibility index (Phi) is 9.03. The molecule has 0 aliphatic carbocycles. The molecule has 0 spiro atoms. The van der Waals surface area contributed by atoms with E-state index in [4.69, 9.17) is 17.0 Å². The van der Waals surface area contributed by atoms with Crippen molar-refractivity contribution in [2.45, 2.75) is 33.1 Å². The number of hydrogen-bond donors (Lipinski definition) is 3. The van der Waals surface area contributed by atoms with E-state index in [0.29, 0.717) is 11.7 Å². The largest absolute Gasteiger partial charge is 0.484 e. The van der Waals surface area contributed by atoms with Crippen molar-refractivity contribution in [3.63, 3.8) is 0 Å². The molecule has 2 rings (SSSR count). The quantitative estimate of drug-likeness (QED) is 0.359. The Labute approximate surface area is 182 Å². The lowest BCUT2D eigenvalue weighted by molar-refractivity contribution is -0.123. The highest BCUT2D eigenvalue weighted by molar-refractivity contribution is 7.80. The van der Waals surface area contributed by atoms with Crippen molar-refractivity contribution in [1.29, 1.82) is 0 Å². The molecule has 30 heavy (non-hydrogen) atoms. The third kappa shape index (κ3) is 8.05. The first-order chi connectivity index (χ1) is 14.4. The van der Waals surface area contributed by atoms with E-state index in [-0.39, 0.29) is 11.7 Å². The predicted molar refractivity (Wildman–Crippen MR) is 123 cm³/mol. The lowest BCUT2D eigenvalue weighted by Gasteiger charge is -2.12. The minimum Gasteiger partial charge on any atom is -0.484 e. The molecule has 0 radical (unpaired) electrons. The van der Waals surface area contributed by atoms with Gasteiger partial charge in [0.15, 0.2) is 11.7 Å². The summed E-state index contributed by atoms with van der Waals surface area (Å²) in [6, 6.07) is 15.4. The van der Waals surface area contributed by atoms with Crippen LogP contribution in [0.1, 0.15) is 42.9 Å². The first-order valence-electron chi connectivity index (χ1n) is 9.74. The van der Waals surface area contributed by atoms with Crippen LogP contribution in [0.4, 0.5) is 0 Å². The van der Waals surface area contributed by atoms with Gasteiger partial charge in [-0.1, -0.05) is 55.8 Å². The average Bonchev–Trinajstić information content (AvgIpc) is 2.75. The molecule has 158 valence electrons. The molecule has 1 atom stereocenters. The van der Waals surface area contributed by atoms with Gasteiger partial charge in [0, 0.05) is 6.08 Å². The van der Waals surface area contributed by atoms with Gasteiger partial charge in [-0.05, 0) is 60.8 Å². The molecule has 0 heterocycles. The van der Waals surface area contributed by atoms with Gasteiger partial charge in [0.2, 0.25) is 5.91 Å². The number of aryl methyl sites for hydroxylation is 1. The molecule has 3 N–H and O–H groups in total. The first kappa shape index (κ1) is 23.1. The van der Waals surface area contributed by atoms with E-state index in [2.05, 4.69) is 30.0 Å². The number of hydrogen-bond acceptors (Lipinski definition) is 4. The highest BCUT2D eigenvalue weighted by atomic mass is 32.1. The van der Waals surface area contributed by atoms with Crippen LogP contribution in [0, 0.1) is 6.92 Å². The van der Waals surface area contributed by atoms with Gasteiger partial charge >= 0.3 is 0 Å². The summed E-state index contributed by atoms with van der Waals surface area (Å²) in [5.41, 5.74) is 8.13. The van der Waals surface area contributed by atoms with Gasteiger partial charge < -0.3 is 4.74 Å². The number of rotatable bonds is 7. The molecule has 7 heteroatoms. The van der Waals surface area contributed by atoms with Crippen molar-refractivity contribution in [2.75, 3.05) is 6.61 Å². The maximum Gasteiger partial charge on any atom is 0.276 e. The second kappa shape index (κ2) is 11.7. The van der Waals surface area contributed by atoms with E-state index in [1.807, 2.05) is 55.5 Å². The van der Waals surface area contributed by atoms with Gasteiger partial charge in [-0.25, -0.2) is 0 Å². The van der Waals surface area contributed by atoms with Crippen LogP contribution in [-0.2, 0) is 9.59 Å². The Morgan fingerprint density at radius 2 is 1.73 bits per heavy atom. The summed E-state index contributed by atoms with van der Waals surface area (Å²) in [6.45, 7) is 6.11. The summed E-state index contributed by atoms with van der Waals surface area (Å²) < 4.78 is 5.45. The Morgan fingerprint density at radius 3 is 2.37 bits per heavy atom. The normalized spacial score (nSPS) is 11.6. The van der Waals surface area contributed by atoms with Crippen LogP contribution in [0.3, 0.4) is 0 Å². The van der Waals surface area contributed by atoms with Crippen LogP contribution in [0.5, 0.6) is 5.75 Å². The van der Waals surface area contributed by atoms with E-state index in [1.54, 1.807) is 6.08 Å². The molecular formula is C23H27N3O3S. The van der Waals surface area contributed by atoms with E-state index >= 15 is 0 Å². The smallest absolute Gasteiger partial charge is 0.276 e. The maximum absolute atomic E-state index is 11.9. The topological polar surface area (TPSA) is 79.5 Å². The van der Waals surface area contributed by atoms with Crippen molar-refractivity contribution in [2.24, 2.45) is 0 Å². The fraction of sp³-hybridized carbons (Fsp3) is 0.261. The number of hydrazine groups is 1. The lowest BCUT2D eigenvalue weighted by Crippen LogP contribution is -2.49. The van der Waals surface area contributed by atoms with Gasteiger partial charge in [-0.15, -0.1) is 0 Å². The summed E-state index contributed by atoms with van der Waals surface area (Å²) in [4.78, 5) is 23.8. The van der Waals surface area contributed by atoms with E-state index < -0.39 is 11.8 Å². The number of carbonyl (C=O) groups excluding carboxylic acids is 2. The maximum atomic E-state index is 11.9. The van der Waals surface area contributed by atoms with Gasteiger partial charge in [0.05, 0.1) is 0 Å². The molecule has 0 saturated carbocycles. The number of amides is 2. The number of thiocarbonyl (C=S) groups is 1. The van der Waals surface area contributed by atoms with Crippen LogP contribution in [0.15, 0.2) is 54.6 Å². The molecule has 6 nitrogen and oxygen atoms in total. The highest BCUT2D eigenvalue weighted by Crippen LogP contribution is 2.21. The molecule has 0 aliphatic rings. The molecule has 0 aliphatic heterocycles. The number of benzene rings is 2. The molecule has 2 aromatic rings. The Bertz CT molecular complexity index is 893.